The Morgan fingerprint density at radius 3 is 1.29 bits per heavy atom. The number of benzene rings is 4. The second kappa shape index (κ2) is 8.70. The Hall–Kier alpha value is -2.92. The zero-order chi connectivity index (χ0) is 23.8. The normalized spacial score (nSPS) is 17.0. The van der Waals surface area contributed by atoms with E-state index < -0.39 is 8.07 Å². The van der Waals surface area contributed by atoms with Gasteiger partial charge >= 0.3 is 7.12 Å². The molecule has 1 heterocycles. The molecule has 0 radical (unpaired) electrons. The maximum atomic E-state index is 6.43. The first-order valence-electron chi connectivity index (χ1n) is 12.0. The first-order valence-corrected chi connectivity index (χ1v) is 14.0. The van der Waals surface area contributed by atoms with Gasteiger partial charge in [-0.1, -0.05) is 115 Å². The molecule has 0 spiro atoms. The minimum Gasteiger partial charge on any atom is -0.399 e. The van der Waals surface area contributed by atoms with Gasteiger partial charge in [-0.15, -0.1) is 0 Å². The second-order valence-corrected chi connectivity index (χ2v) is 13.9. The van der Waals surface area contributed by atoms with Crippen LogP contribution in [0.3, 0.4) is 0 Å². The van der Waals surface area contributed by atoms with Crippen molar-refractivity contribution in [3.63, 3.8) is 0 Å². The molecule has 1 aliphatic heterocycles. The zero-order valence-electron chi connectivity index (χ0n) is 20.4. The van der Waals surface area contributed by atoms with Gasteiger partial charge in [0, 0.05) is 0 Å². The third-order valence-electron chi connectivity index (χ3n) is 7.47. The van der Waals surface area contributed by atoms with Crippen molar-refractivity contribution in [3.8, 4) is 0 Å². The predicted molar refractivity (Wildman–Crippen MR) is 146 cm³/mol. The Bertz CT molecular complexity index is 1140. The average molecular weight is 462 g/mol. The van der Waals surface area contributed by atoms with Gasteiger partial charge in [0.05, 0.1) is 11.2 Å². The summed E-state index contributed by atoms with van der Waals surface area (Å²) >= 11 is 0. The minimum atomic E-state index is -2.56. The van der Waals surface area contributed by atoms with E-state index in [0.29, 0.717) is 0 Å². The Morgan fingerprint density at radius 2 is 0.882 bits per heavy atom. The molecule has 0 bridgehead atoms. The molecule has 0 N–H and O–H groups in total. The van der Waals surface area contributed by atoms with E-state index in [9.17, 15) is 0 Å². The SMILES string of the molecule is CC1(C)OB(c2cccc([Si](c3ccccc3)(c3ccccc3)c3ccccc3)c2)OC1(C)C. The highest BCUT2D eigenvalue weighted by molar-refractivity contribution is 7.20. The summed E-state index contributed by atoms with van der Waals surface area (Å²) in [6.45, 7) is 8.42. The zero-order valence-corrected chi connectivity index (χ0v) is 21.4. The van der Waals surface area contributed by atoms with Gasteiger partial charge in [-0.3, -0.25) is 0 Å². The first kappa shape index (κ1) is 22.9. The lowest BCUT2D eigenvalue weighted by Gasteiger charge is -2.34. The van der Waals surface area contributed by atoms with Crippen LogP contribution in [0.25, 0.3) is 0 Å². The van der Waals surface area contributed by atoms with Gasteiger partial charge in [0.1, 0.15) is 0 Å². The van der Waals surface area contributed by atoms with Gasteiger partial charge < -0.3 is 9.31 Å². The third kappa shape index (κ3) is 3.76. The summed E-state index contributed by atoms with van der Waals surface area (Å²) in [4.78, 5) is 0. The fourth-order valence-corrected chi connectivity index (χ4v) is 9.77. The van der Waals surface area contributed by atoms with Crippen LogP contribution in [-0.2, 0) is 9.31 Å². The lowest BCUT2D eigenvalue weighted by Crippen LogP contribution is -2.75. The van der Waals surface area contributed by atoms with Crippen molar-refractivity contribution < 1.29 is 9.31 Å². The summed E-state index contributed by atoms with van der Waals surface area (Å²) in [6, 6.07) is 41.8. The van der Waals surface area contributed by atoms with E-state index in [0.717, 1.165) is 5.46 Å². The van der Waals surface area contributed by atoms with E-state index in [1.54, 1.807) is 0 Å². The van der Waals surface area contributed by atoms with Crippen LogP contribution in [0.4, 0.5) is 0 Å². The van der Waals surface area contributed by atoms with Crippen LogP contribution in [0.15, 0.2) is 115 Å². The van der Waals surface area contributed by atoms with Gasteiger partial charge in [-0.05, 0) is 53.9 Å². The fraction of sp³-hybridized carbons (Fsp3) is 0.200. The van der Waals surface area contributed by atoms with E-state index in [2.05, 4.69) is 143 Å². The predicted octanol–water partition coefficient (Wildman–Crippen LogP) is 3.36. The monoisotopic (exact) mass is 462 g/mol. The van der Waals surface area contributed by atoms with Crippen LogP contribution in [0.1, 0.15) is 27.7 Å². The van der Waals surface area contributed by atoms with Gasteiger partial charge in [0.15, 0.2) is 8.07 Å². The maximum absolute atomic E-state index is 6.43. The van der Waals surface area contributed by atoms with E-state index in [1.165, 1.54) is 20.7 Å². The molecular weight excluding hydrogens is 431 g/mol. The molecule has 34 heavy (non-hydrogen) atoms. The molecule has 4 aromatic rings. The number of rotatable bonds is 5. The van der Waals surface area contributed by atoms with Gasteiger partial charge in [0.2, 0.25) is 0 Å². The maximum Gasteiger partial charge on any atom is 0.494 e. The summed E-state index contributed by atoms with van der Waals surface area (Å²) in [6.07, 6.45) is 0. The van der Waals surface area contributed by atoms with Crippen molar-refractivity contribution in [1.82, 2.24) is 0 Å². The molecule has 1 saturated heterocycles. The van der Waals surface area contributed by atoms with E-state index >= 15 is 0 Å². The number of hydrogen-bond acceptors (Lipinski definition) is 2. The average Bonchev–Trinajstić information content (AvgIpc) is 3.09. The van der Waals surface area contributed by atoms with Gasteiger partial charge in [-0.25, -0.2) is 0 Å². The first-order chi connectivity index (χ1) is 16.3. The van der Waals surface area contributed by atoms with Crippen LogP contribution in [-0.4, -0.2) is 26.4 Å². The highest BCUT2D eigenvalue weighted by Crippen LogP contribution is 2.36. The molecule has 4 aromatic carbocycles. The molecule has 0 saturated carbocycles. The van der Waals surface area contributed by atoms with Crippen molar-refractivity contribution in [2.75, 3.05) is 0 Å². The van der Waals surface area contributed by atoms with E-state index in [1.807, 2.05) is 0 Å². The molecule has 1 fully saturated rings. The van der Waals surface area contributed by atoms with Crippen LogP contribution in [0.2, 0.25) is 0 Å². The van der Waals surface area contributed by atoms with Crippen molar-refractivity contribution in [2.24, 2.45) is 0 Å². The lowest BCUT2D eigenvalue weighted by molar-refractivity contribution is 0.00578. The van der Waals surface area contributed by atoms with Crippen LogP contribution < -0.4 is 26.2 Å². The van der Waals surface area contributed by atoms with Crippen LogP contribution in [0, 0.1) is 0 Å². The molecule has 0 atom stereocenters. The summed E-state index contributed by atoms with van der Waals surface area (Å²) in [5, 5.41) is 5.40. The van der Waals surface area contributed by atoms with Crippen LogP contribution >= 0.6 is 0 Å². The number of hydrogen-bond donors (Lipinski definition) is 0. The molecule has 4 heteroatoms. The molecule has 0 unspecified atom stereocenters. The third-order valence-corrected chi connectivity index (χ3v) is 12.2. The Morgan fingerprint density at radius 1 is 0.500 bits per heavy atom. The largest absolute Gasteiger partial charge is 0.494 e. The van der Waals surface area contributed by atoms with Gasteiger partial charge in [-0.2, -0.15) is 0 Å². The molecule has 0 amide bonds. The Balaban J connectivity index is 1.76. The molecule has 0 aromatic heterocycles. The second-order valence-electron chi connectivity index (χ2n) is 10.1. The standard InChI is InChI=1S/C30H31BO2Si/c1-29(2)30(3,4)33-31(32-29)24-15-14-22-28(23-24)34(25-16-8-5-9-17-25,26-18-10-6-11-19-26)27-20-12-7-13-21-27/h5-23H,1-4H3. The molecule has 170 valence electrons. The minimum absolute atomic E-state index is 0.375. The Kier molecular flexibility index (Phi) is 5.85. The van der Waals surface area contributed by atoms with E-state index in [4.69, 9.17) is 9.31 Å². The smallest absolute Gasteiger partial charge is 0.399 e. The molecular formula is C30H31BO2Si. The molecule has 1 aliphatic rings. The quantitative estimate of drug-likeness (QED) is 0.335. The fourth-order valence-electron chi connectivity index (χ4n) is 4.96. The van der Waals surface area contributed by atoms with E-state index in [-0.39, 0.29) is 18.3 Å². The lowest BCUT2D eigenvalue weighted by atomic mass is 9.79. The summed E-state index contributed by atoms with van der Waals surface area (Å²) in [5.74, 6) is 0. The van der Waals surface area contributed by atoms with Crippen LogP contribution in [0.5, 0.6) is 0 Å². The van der Waals surface area contributed by atoms with Crippen molar-refractivity contribution >= 4 is 41.4 Å². The highest BCUT2D eigenvalue weighted by Gasteiger charge is 2.52. The van der Waals surface area contributed by atoms with Gasteiger partial charge in [0.25, 0.3) is 0 Å². The summed E-state index contributed by atoms with van der Waals surface area (Å²) in [7, 11) is -2.95. The molecule has 2 nitrogen and oxygen atoms in total. The molecule has 5 rings (SSSR count). The topological polar surface area (TPSA) is 18.5 Å². The van der Waals surface area contributed by atoms with Crippen molar-refractivity contribution in [2.45, 2.75) is 38.9 Å². The molecule has 0 aliphatic carbocycles. The Labute approximate surface area is 204 Å². The highest BCUT2D eigenvalue weighted by atomic mass is 28.3. The van der Waals surface area contributed by atoms with Crippen molar-refractivity contribution in [3.05, 3.63) is 115 Å². The summed E-state index contributed by atoms with van der Waals surface area (Å²) in [5.41, 5.74) is 0.317. The summed E-state index contributed by atoms with van der Waals surface area (Å²) < 4.78 is 12.9. The van der Waals surface area contributed by atoms with Crippen molar-refractivity contribution in [1.29, 1.82) is 0 Å².